The summed E-state index contributed by atoms with van der Waals surface area (Å²) >= 11 is 0. The van der Waals surface area contributed by atoms with Crippen LogP contribution >= 0.6 is 0 Å². The highest BCUT2D eigenvalue weighted by Crippen LogP contribution is 2.26. The molecule has 0 bridgehead atoms. The zero-order chi connectivity index (χ0) is 20.8. The standard InChI is InChI=1S/C24H37N3O2/c1-17(2)18(3)25-24(29)21-11-7-8-12-22(21)27-15-13-20(14-16-27)26-23(28)19-9-5-4-6-10-19/h7-8,11-12,17-20H,4-6,9-10,13-16H2,1-3H3,(H,25,29)(H,26,28)/t18-/m1/s1. The summed E-state index contributed by atoms with van der Waals surface area (Å²) in [6.07, 6.45) is 7.58. The van der Waals surface area contributed by atoms with Crippen LogP contribution in [-0.2, 0) is 4.79 Å². The van der Waals surface area contributed by atoms with E-state index >= 15 is 0 Å². The number of carbonyl (C=O) groups excluding carboxylic acids is 2. The molecule has 3 rings (SSSR count). The lowest BCUT2D eigenvalue weighted by molar-refractivity contribution is -0.126. The van der Waals surface area contributed by atoms with Crippen LogP contribution in [0.25, 0.3) is 0 Å². The van der Waals surface area contributed by atoms with Gasteiger partial charge >= 0.3 is 0 Å². The van der Waals surface area contributed by atoms with Crippen molar-refractivity contribution in [2.75, 3.05) is 18.0 Å². The Labute approximate surface area is 175 Å². The molecule has 1 aromatic rings. The maximum atomic E-state index is 12.8. The average molecular weight is 400 g/mol. The van der Waals surface area contributed by atoms with Crippen molar-refractivity contribution in [1.82, 2.24) is 10.6 Å². The van der Waals surface area contributed by atoms with Gasteiger partial charge in [-0.1, -0.05) is 45.2 Å². The topological polar surface area (TPSA) is 61.4 Å². The van der Waals surface area contributed by atoms with Crippen molar-refractivity contribution in [3.63, 3.8) is 0 Å². The van der Waals surface area contributed by atoms with Gasteiger partial charge in [0.05, 0.1) is 5.56 Å². The van der Waals surface area contributed by atoms with Crippen LogP contribution in [0.5, 0.6) is 0 Å². The molecule has 2 amide bonds. The van der Waals surface area contributed by atoms with Gasteiger partial charge in [0, 0.05) is 36.8 Å². The second-order valence-electron chi connectivity index (χ2n) is 9.13. The van der Waals surface area contributed by atoms with E-state index in [4.69, 9.17) is 0 Å². The molecule has 2 aliphatic rings. The lowest BCUT2D eigenvalue weighted by atomic mass is 9.88. The summed E-state index contributed by atoms with van der Waals surface area (Å²) in [5, 5.41) is 6.42. The first-order valence-corrected chi connectivity index (χ1v) is 11.4. The number of rotatable bonds is 6. The van der Waals surface area contributed by atoms with Crippen molar-refractivity contribution < 1.29 is 9.59 Å². The van der Waals surface area contributed by atoms with Crippen LogP contribution in [0.4, 0.5) is 5.69 Å². The van der Waals surface area contributed by atoms with Gasteiger partial charge in [-0.2, -0.15) is 0 Å². The molecular formula is C24H37N3O2. The average Bonchev–Trinajstić information content (AvgIpc) is 2.74. The zero-order valence-corrected chi connectivity index (χ0v) is 18.2. The molecule has 5 nitrogen and oxygen atoms in total. The van der Waals surface area contributed by atoms with Crippen molar-refractivity contribution in [1.29, 1.82) is 0 Å². The van der Waals surface area contributed by atoms with Crippen LogP contribution < -0.4 is 15.5 Å². The lowest BCUT2D eigenvalue weighted by Gasteiger charge is -2.35. The van der Waals surface area contributed by atoms with Gasteiger partial charge < -0.3 is 15.5 Å². The molecule has 1 aliphatic carbocycles. The summed E-state index contributed by atoms with van der Waals surface area (Å²) in [5.74, 6) is 0.865. The van der Waals surface area contributed by atoms with E-state index in [0.717, 1.165) is 50.0 Å². The summed E-state index contributed by atoms with van der Waals surface area (Å²) in [4.78, 5) is 27.6. The molecule has 0 aromatic heterocycles. The first-order valence-electron chi connectivity index (χ1n) is 11.4. The Balaban J connectivity index is 1.56. The maximum Gasteiger partial charge on any atom is 0.253 e. The predicted octanol–water partition coefficient (Wildman–Crippen LogP) is 4.13. The monoisotopic (exact) mass is 399 g/mol. The van der Waals surface area contributed by atoms with Crippen molar-refractivity contribution in [2.24, 2.45) is 11.8 Å². The quantitative estimate of drug-likeness (QED) is 0.756. The molecule has 2 fully saturated rings. The van der Waals surface area contributed by atoms with Crippen LogP contribution in [0.15, 0.2) is 24.3 Å². The number of benzene rings is 1. The second-order valence-corrected chi connectivity index (χ2v) is 9.13. The van der Waals surface area contributed by atoms with Crippen LogP contribution in [0.3, 0.4) is 0 Å². The Morgan fingerprint density at radius 2 is 1.62 bits per heavy atom. The molecule has 1 aliphatic heterocycles. The Morgan fingerprint density at radius 1 is 0.966 bits per heavy atom. The number of hydrogen-bond donors (Lipinski definition) is 2. The van der Waals surface area contributed by atoms with E-state index in [-0.39, 0.29) is 29.8 Å². The van der Waals surface area contributed by atoms with E-state index in [2.05, 4.69) is 29.4 Å². The first kappa shape index (κ1) is 21.7. The minimum atomic E-state index is -0.00507. The van der Waals surface area contributed by atoms with E-state index in [1.807, 2.05) is 31.2 Å². The molecule has 0 unspecified atom stereocenters. The number of carbonyl (C=O) groups is 2. The second kappa shape index (κ2) is 10.1. The molecule has 1 saturated carbocycles. The van der Waals surface area contributed by atoms with Crippen LogP contribution in [-0.4, -0.2) is 37.0 Å². The zero-order valence-electron chi connectivity index (χ0n) is 18.2. The van der Waals surface area contributed by atoms with E-state index in [1.54, 1.807) is 0 Å². The Morgan fingerprint density at radius 3 is 2.28 bits per heavy atom. The number of para-hydroxylation sites is 1. The fraction of sp³-hybridized carbons (Fsp3) is 0.667. The molecule has 2 N–H and O–H groups in total. The molecule has 0 radical (unpaired) electrons. The molecule has 0 spiro atoms. The summed E-state index contributed by atoms with van der Waals surface area (Å²) in [6.45, 7) is 8.00. The summed E-state index contributed by atoms with van der Waals surface area (Å²) in [6, 6.07) is 8.26. The molecule has 160 valence electrons. The summed E-state index contributed by atoms with van der Waals surface area (Å²) in [7, 11) is 0. The summed E-state index contributed by atoms with van der Waals surface area (Å²) < 4.78 is 0. The molecule has 5 heteroatoms. The van der Waals surface area contributed by atoms with Gasteiger partial charge in [-0.15, -0.1) is 0 Å². The minimum absolute atomic E-state index is 0.00507. The Hall–Kier alpha value is -2.04. The number of nitrogens with zero attached hydrogens (tertiary/aromatic N) is 1. The van der Waals surface area contributed by atoms with Gasteiger partial charge in [-0.3, -0.25) is 9.59 Å². The van der Waals surface area contributed by atoms with E-state index in [9.17, 15) is 9.59 Å². The van der Waals surface area contributed by atoms with Crippen molar-refractivity contribution in [2.45, 2.75) is 77.8 Å². The highest BCUT2D eigenvalue weighted by molar-refractivity contribution is 6.00. The van der Waals surface area contributed by atoms with Gasteiger partial charge in [0.25, 0.3) is 5.91 Å². The molecule has 1 heterocycles. The number of hydrogen-bond acceptors (Lipinski definition) is 3. The normalized spacial score (nSPS) is 19.8. The van der Waals surface area contributed by atoms with Crippen molar-refractivity contribution in [3.8, 4) is 0 Å². The number of piperidine rings is 1. The SMILES string of the molecule is CC(C)[C@@H](C)NC(=O)c1ccccc1N1CCC(NC(=O)C2CCCCC2)CC1. The van der Waals surface area contributed by atoms with Gasteiger partial charge in [-0.05, 0) is 50.7 Å². The highest BCUT2D eigenvalue weighted by atomic mass is 16.2. The largest absolute Gasteiger partial charge is 0.371 e. The van der Waals surface area contributed by atoms with E-state index in [0.29, 0.717) is 5.92 Å². The van der Waals surface area contributed by atoms with Crippen LogP contribution in [0, 0.1) is 11.8 Å². The fourth-order valence-corrected chi connectivity index (χ4v) is 4.34. The predicted molar refractivity (Wildman–Crippen MR) is 118 cm³/mol. The fourth-order valence-electron chi connectivity index (χ4n) is 4.34. The van der Waals surface area contributed by atoms with Gasteiger partial charge in [-0.25, -0.2) is 0 Å². The lowest BCUT2D eigenvalue weighted by Crippen LogP contribution is -2.47. The first-order chi connectivity index (χ1) is 14.0. The number of anilines is 1. The van der Waals surface area contributed by atoms with Crippen molar-refractivity contribution in [3.05, 3.63) is 29.8 Å². The molecule has 1 atom stereocenters. The molecule has 29 heavy (non-hydrogen) atoms. The molecule has 1 aromatic carbocycles. The van der Waals surface area contributed by atoms with Crippen LogP contribution in [0.1, 0.15) is 76.1 Å². The molecule has 1 saturated heterocycles. The highest BCUT2D eigenvalue weighted by Gasteiger charge is 2.27. The Kier molecular flexibility index (Phi) is 7.57. The van der Waals surface area contributed by atoms with Gasteiger partial charge in [0.1, 0.15) is 0 Å². The smallest absolute Gasteiger partial charge is 0.253 e. The number of amides is 2. The van der Waals surface area contributed by atoms with Crippen molar-refractivity contribution >= 4 is 17.5 Å². The third kappa shape index (κ3) is 5.74. The molecular weight excluding hydrogens is 362 g/mol. The van der Waals surface area contributed by atoms with Crippen LogP contribution in [0.2, 0.25) is 0 Å². The van der Waals surface area contributed by atoms with Gasteiger partial charge in [0.2, 0.25) is 5.91 Å². The third-order valence-corrected chi connectivity index (χ3v) is 6.67. The number of nitrogens with one attached hydrogen (secondary N) is 2. The summed E-state index contributed by atoms with van der Waals surface area (Å²) in [5.41, 5.74) is 1.74. The van der Waals surface area contributed by atoms with E-state index in [1.165, 1.54) is 19.3 Å². The third-order valence-electron chi connectivity index (χ3n) is 6.67. The Bertz CT molecular complexity index is 689. The van der Waals surface area contributed by atoms with E-state index < -0.39 is 0 Å². The minimum Gasteiger partial charge on any atom is -0.371 e. The van der Waals surface area contributed by atoms with Gasteiger partial charge in [0.15, 0.2) is 0 Å². The maximum absolute atomic E-state index is 12.8.